The molecule has 0 heterocycles. The van der Waals surface area contributed by atoms with Crippen LogP contribution in [0.1, 0.15) is 61.3 Å². The average molecular weight is 328 g/mol. The van der Waals surface area contributed by atoms with E-state index in [1.165, 1.54) is 0 Å². The maximum absolute atomic E-state index is 10.2. The van der Waals surface area contributed by atoms with Gasteiger partial charge in [-0.1, -0.05) is 0 Å². The molecule has 0 saturated heterocycles. The Balaban J connectivity index is 4.99. The fourth-order valence-corrected chi connectivity index (χ4v) is 14.6. The molecule has 0 aromatic heterocycles. The fourth-order valence-electron chi connectivity index (χ4n) is 2.96. The van der Waals surface area contributed by atoms with Gasteiger partial charge in [-0.3, -0.25) is 0 Å². The third kappa shape index (κ3) is 5.58. The molecule has 2 N–H and O–H groups in total. The molecule has 0 rings (SSSR count). The molecule has 0 aromatic rings. The van der Waals surface area contributed by atoms with Crippen molar-refractivity contribution in [2.75, 3.05) is 6.61 Å². The first-order valence-corrected chi connectivity index (χ1v) is 12.2. The molecule has 0 bridgehead atoms. The predicted octanol–water partition coefficient (Wildman–Crippen LogP) is 3.79. The molecule has 0 aromatic carbocycles. The van der Waals surface area contributed by atoms with Crippen molar-refractivity contribution >= 4 is 8.32 Å². The van der Waals surface area contributed by atoms with Gasteiger partial charge in [-0.25, -0.2) is 0 Å². The van der Waals surface area contributed by atoms with Gasteiger partial charge in [-0.2, -0.15) is 0 Å². The first kappa shape index (κ1) is 19.8. The van der Waals surface area contributed by atoms with E-state index in [1.54, 1.807) is 0 Å². The van der Waals surface area contributed by atoms with Gasteiger partial charge >= 0.3 is 125 Å². The Morgan fingerprint density at radius 2 is 1.37 bits per heavy atom. The van der Waals surface area contributed by atoms with Gasteiger partial charge in [0.25, 0.3) is 0 Å². The minimum atomic E-state index is -4.54. The summed E-state index contributed by atoms with van der Waals surface area (Å²) >= 11 is -4.54. The van der Waals surface area contributed by atoms with E-state index in [-0.39, 0.29) is 0 Å². The zero-order valence-corrected chi connectivity index (χ0v) is 16.1. The van der Waals surface area contributed by atoms with Crippen LogP contribution in [0.2, 0.25) is 16.6 Å². The van der Waals surface area contributed by atoms with Crippen molar-refractivity contribution in [3.8, 4) is 0 Å². The molecule has 0 spiro atoms. The van der Waals surface area contributed by atoms with Crippen LogP contribution in [-0.4, -0.2) is 22.3 Å². The Hall–Kier alpha value is 0.771. The van der Waals surface area contributed by atoms with Crippen LogP contribution in [0.15, 0.2) is 0 Å². The van der Waals surface area contributed by atoms with Crippen LogP contribution >= 0.6 is 0 Å². The van der Waals surface area contributed by atoms with Crippen molar-refractivity contribution in [2.45, 2.75) is 77.9 Å². The van der Waals surface area contributed by atoms with Crippen molar-refractivity contribution in [3.05, 3.63) is 0 Å². The second kappa shape index (κ2) is 8.27. The minimum absolute atomic E-state index is 0.326. The molecular formula is C13H32O4SiTi. The van der Waals surface area contributed by atoms with Crippen molar-refractivity contribution in [3.63, 3.8) is 0 Å². The molecule has 6 heteroatoms. The molecule has 4 nitrogen and oxygen atoms in total. The standard InChI is InChI=1S/C9H21OSi.C4H9O.2H2O.Ti/c1-7(2)11(10,8(3)4)9(5)6;1-2-3-4-5;;;/h7-9H,1-6H3;2-4H2,1H3;2*1H2;/q2*-1;;;+4/p-2. The van der Waals surface area contributed by atoms with E-state index in [0.29, 0.717) is 23.2 Å². The fraction of sp³-hybridized carbons (Fsp3) is 1.00. The topological polar surface area (TPSA) is 58.9 Å². The number of rotatable bonds is 9. The van der Waals surface area contributed by atoms with Crippen LogP contribution in [-0.2, 0) is 24.5 Å². The summed E-state index contributed by atoms with van der Waals surface area (Å²) in [5.41, 5.74) is 0.977. The summed E-state index contributed by atoms with van der Waals surface area (Å²) in [6.07, 6.45) is 1.80. The van der Waals surface area contributed by atoms with Gasteiger partial charge in [0.05, 0.1) is 0 Å². The molecule has 0 atom stereocenters. The van der Waals surface area contributed by atoms with Crippen molar-refractivity contribution in [1.29, 1.82) is 0 Å². The van der Waals surface area contributed by atoms with Gasteiger partial charge in [0.2, 0.25) is 0 Å². The van der Waals surface area contributed by atoms with Gasteiger partial charge in [0, 0.05) is 0 Å². The molecular weight excluding hydrogens is 296 g/mol. The van der Waals surface area contributed by atoms with Crippen LogP contribution in [0.25, 0.3) is 0 Å². The molecule has 0 radical (unpaired) electrons. The van der Waals surface area contributed by atoms with E-state index in [0.717, 1.165) is 12.8 Å². The van der Waals surface area contributed by atoms with Crippen molar-refractivity contribution in [2.24, 2.45) is 0 Å². The molecule has 0 saturated carbocycles. The summed E-state index contributed by atoms with van der Waals surface area (Å²) in [7, 11) is -2.26. The summed E-state index contributed by atoms with van der Waals surface area (Å²) in [5, 5.41) is 0. The van der Waals surface area contributed by atoms with Crippen LogP contribution in [0.3, 0.4) is 0 Å². The Morgan fingerprint density at radius 3 is 1.68 bits per heavy atom. The Labute approximate surface area is 124 Å². The summed E-state index contributed by atoms with van der Waals surface area (Å²) in [6, 6.07) is 0. The van der Waals surface area contributed by atoms with E-state index in [2.05, 4.69) is 41.5 Å². The van der Waals surface area contributed by atoms with E-state index < -0.39 is 26.5 Å². The summed E-state index contributed by atoms with van der Waals surface area (Å²) in [5.74, 6) is 0. The van der Waals surface area contributed by atoms with Gasteiger partial charge in [0.1, 0.15) is 0 Å². The molecule has 0 fully saturated rings. The molecule has 0 unspecified atom stereocenters. The normalized spacial score (nSPS) is 13.9. The molecule has 0 aliphatic rings. The van der Waals surface area contributed by atoms with Crippen LogP contribution in [0.5, 0.6) is 0 Å². The Kier molecular flexibility index (Phi) is 8.61. The number of hydrogen-bond acceptors (Lipinski definition) is 4. The zero-order valence-electron chi connectivity index (χ0n) is 13.6. The van der Waals surface area contributed by atoms with E-state index in [9.17, 15) is 7.38 Å². The van der Waals surface area contributed by atoms with E-state index >= 15 is 0 Å². The average Bonchev–Trinajstić information content (AvgIpc) is 2.24. The van der Waals surface area contributed by atoms with Crippen LogP contribution in [0, 0.1) is 0 Å². The molecule has 116 valence electrons. The van der Waals surface area contributed by atoms with Crippen LogP contribution in [0.4, 0.5) is 0 Å². The van der Waals surface area contributed by atoms with Gasteiger partial charge < -0.3 is 0 Å². The first-order chi connectivity index (χ1) is 8.60. The quantitative estimate of drug-likeness (QED) is 0.499. The van der Waals surface area contributed by atoms with Crippen LogP contribution < -0.4 is 0 Å². The van der Waals surface area contributed by atoms with Gasteiger partial charge in [-0.05, 0) is 0 Å². The van der Waals surface area contributed by atoms with Crippen molar-refractivity contribution in [1.82, 2.24) is 0 Å². The molecule has 0 amide bonds. The maximum atomic E-state index is 10.2. The second-order valence-corrected chi connectivity index (χ2v) is 14.7. The molecule has 0 aliphatic heterocycles. The summed E-state index contributed by atoms with van der Waals surface area (Å²) in [6.45, 7) is 15.2. The zero-order chi connectivity index (χ0) is 15.3. The Bertz CT molecular complexity index is 235. The monoisotopic (exact) mass is 328 g/mol. The molecule has 19 heavy (non-hydrogen) atoms. The Morgan fingerprint density at radius 1 is 0.947 bits per heavy atom. The SMILES string of the molecule is CCCC[O][Ti]([OH])([OH])[O][Si](C(C)C)(C(C)C)C(C)C. The third-order valence-corrected chi connectivity index (χ3v) is 13.6. The second-order valence-electron chi connectivity index (χ2n) is 6.17. The summed E-state index contributed by atoms with van der Waals surface area (Å²) in [4.78, 5) is 0. The summed E-state index contributed by atoms with van der Waals surface area (Å²) < 4.78 is 31.6. The van der Waals surface area contributed by atoms with E-state index in [4.69, 9.17) is 6.33 Å². The van der Waals surface area contributed by atoms with E-state index in [1.807, 2.05) is 6.92 Å². The molecule has 0 aliphatic carbocycles. The first-order valence-electron chi connectivity index (χ1n) is 7.39. The van der Waals surface area contributed by atoms with Gasteiger partial charge in [-0.15, -0.1) is 0 Å². The number of unbranched alkanes of at least 4 members (excludes halogenated alkanes) is 1. The van der Waals surface area contributed by atoms with Crippen molar-refractivity contribution < 1.29 is 31.8 Å². The van der Waals surface area contributed by atoms with Gasteiger partial charge in [0.15, 0.2) is 0 Å². The number of hydrogen-bond donors (Lipinski definition) is 2. The third-order valence-electron chi connectivity index (χ3n) is 3.80. The predicted molar refractivity (Wildman–Crippen MR) is 77.4 cm³/mol.